The molecule has 30 heavy (non-hydrogen) atoms. The van der Waals surface area contributed by atoms with E-state index in [0.717, 1.165) is 23.5 Å². The monoisotopic (exact) mass is 470 g/mol. The number of carbonyl (C=O) groups excluding carboxylic acids is 1. The van der Waals surface area contributed by atoms with Crippen molar-refractivity contribution in [1.29, 1.82) is 0 Å². The van der Waals surface area contributed by atoms with Crippen LogP contribution in [0.2, 0.25) is 4.34 Å². The van der Waals surface area contributed by atoms with Crippen LogP contribution in [0.4, 0.5) is 6.01 Å². The Morgan fingerprint density at radius 3 is 2.80 bits per heavy atom. The molecule has 1 N–H and O–H groups in total. The molecule has 3 aromatic rings. The first-order valence-corrected chi connectivity index (χ1v) is 11.8. The number of nitrogens with zero attached hydrogens (tertiary/aromatic N) is 5. The van der Waals surface area contributed by atoms with Gasteiger partial charge in [-0.1, -0.05) is 23.1 Å². The van der Waals surface area contributed by atoms with Crippen LogP contribution in [0.1, 0.15) is 25.0 Å². The highest BCUT2D eigenvalue weighted by Crippen LogP contribution is 2.32. The van der Waals surface area contributed by atoms with Crippen LogP contribution >= 0.6 is 22.9 Å². The van der Waals surface area contributed by atoms with Crippen molar-refractivity contribution in [3.63, 3.8) is 0 Å². The van der Waals surface area contributed by atoms with Crippen molar-refractivity contribution in [2.45, 2.75) is 36.4 Å². The van der Waals surface area contributed by atoms with Crippen LogP contribution in [-0.2, 0) is 21.9 Å². The maximum Gasteiger partial charge on any atom is 0.322 e. The molecule has 160 valence electrons. The van der Waals surface area contributed by atoms with Crippen LogP contribution in [0.5, 0.6) is 0 Å². The van der Waals surface area contributed by atoms with Gasteiger partial charge in [-0.3, -0.25) is 14.8 Å². The summed E-state index contributed by atoms with van der Waals surface area (Å²) in [6.07, 6.45) is 1.80. The number of carbonyl (C=O) groups is 1. The molecule has 1 atom stereocenters. The highest BCUT2D eigenvalue weighted by atomic mass is 35.5. The minimum atomic E-state index is -3.84. The lowest BCUT2D eigenvalue weighted by molar-refractivity contribution is -0.120. The molecule has 1 unspecified atom stereocenters. The van der Waals surface area contributed by atoms with E-state index in [9.17, 15) is 13.2 Å². The van der Waals surface area contributed by atoms with Crippen molar-refractivity contribution in [3.8, 4) is 11.6 Å². The molecule has 1 aliphatic rings. The van der Waals surface area contributed by atoms with Crippen LogP contribution in [0.25, 0.3) is 11.6 Å². The molecule has 13 heteroatoms. The molecular formula is C17H19ClN6O4S2. The van der Waals surface area contributed by atoms with Gasteiger partial charge in [-0.05, 0) is 38.0 Å². The van der Waals surface area contributed by atoms with E-state index in [-0.39, 0.29) is 22.7 Å². The second-order valence-electron chi connectivity index (χ2n) is 6.88. The summed E-state index contributed by atoms with van der Waals surface area (Å²) in [6.45, 7) is 2.08. The van der Waals surface area contributed by atoms with Gasteiger partial charge in [0.15, 0.2) is 0 Å². The summed E-state index contributed by atoms with van der Waals surface area (Å²) in [4.78, 5) is 12.9. The number of nitrogens with one attached hydrogen (secondary N) is 1. The number of halogens is 1. The average molecular weight is 471 g/mol. The van der Waals surface area contributed by atoms with Crippen LogP contribution < -0.4 is 5.32 Å². The Hall–Kier alpha value is -2.28. The number of piperidine rings is 1. The highest BCUT2D eigenvalue weighted by molar-refractivity contribution is 7.91. The number of sulfonamides is 1. The molecule has 0 aromatic carbocycles. The second kappa shape index (κ2) is 8.10. The smallest absolute Gasteiger partial charge is 0.322 e. The third-order valence-electron chi connectivity index (χ3n) is 4.74. The lowest BCUT2D eigenvalue weighted by Crippen LogP contribution is -2.49. The van der Waals surface area contributed by atoms with Gasteiger partial charge in [0, 0.05) is 13.6 Å². The summed E-state index contributed by atoms with van der Waals surface area (Å²) in [5.41, 5.74) is 1.39. The predicted molar refractivity (Wildman–Crippen MR) is 111 cm³/mol. The standard InChI is InChI=1S/C17H19ClN6O4S2/c1-10-9-12(23(2)22-10)16-20-21-17(28-16)19-15(25)11-5-3-4-8-24(11)30(26,27)14-7-6-13(18)29-14/h6-7,9,11H,3-5,8H2,1-2H3,(H,19,21,25). The predicted octanol–water partition coefficient (Wildman–Crippen LogP) is 2.68. The number of hydrogen-bond acceptors (Lipinski definition) is 8. The molecule has 0 saturated carbocycles. The fraction of sp³-hybridized carbons (Fsp3) is 0.412. The van der Waals surface area contributed by atoms with E-state index in [2.05, 4.69) is 20.6 Å². The van der Waals surface area contributed by atoms with Gasteiger partial charge in [0.2, 0.25) is 5.91 Å². The Bertz CT molecular complexity index is 1180. The molecule has 1 saturated heterocycles. The minimum Gasteiger partial charge on any atom is -0.401 e. The molecule has 0 spiro atoms. The molecule has 0 aliphatic carbocycles. The fourth-order valence-electron chi connectivity index (χ4n) is 3.38. The first kappa shape index (κ1) is 21.0. The molecule has 4 heterocycles. The Balaban J connectivity index is 1.54. The van der Waals surface area contributed by atoms with E-state index < -0.39 is 22.0 Å². The topological polar surface area (TPSA) is 123 Å². The SMILES string of the molecule is Cc1cc(-c2nnc(NC(=O)C3CCCCN3S(=O)(=O)c3ccc(Cl)s3)o2)n(C)n1. The number of hydrogen-bond donors (Lipinski definition) is 1. The van der Waals surface area contributed by atoms with E-state index in [1.54, 1.807) is 17.8 Å². The first-order valence-electron chi connectivity index (χ1n) is 9.18. The molecule has 1 amide bonds. The van der Waals surface area contributed by atoms with Gasteiger partial charge >= 0.3 is 6.01 Å². The van der Waals surface area contributed by atoms with E-state index >= 15 is 0 Å². The molecule has 0 bridgehead atoms. The van der Waals surface area contributed by atoms with Gasteiger partial charge in [0.1, 0.15) is 15.9 Å². The third kappa shape index (κ3) is 4.00. The van der Waals surface area contributed by atoms with Crippen molar-refractivity contribution < 1.29 is 17.6 Å². The zero-order valence-electron chi connectivity index (χ0n) is 16.2. The van der Waals surface area contributed by atoms with Gasteiger partial charge in [-0.15, -0.1) is 16.4 Å². The van der Waals surface area contributed by atoms with E-state index in [1.165, 1.54) is 16.4 Å². The molecular weight excluding hydrogens is 452 g/mol. The Morgan fingerprint density at radius 2 is 2.13 bits per heavy atom. The molecule has 3 aromatic heterocycles. The van der Waals surface area contributed by atoms with Crippen LogP contribution in [0.3, 0.4) is 0 Å². The quantitative estimate of drug-likeness (QED) is 0.607. The van der Waals surface area contributed by atoms with Gasteiger partial charge < -0.3 is 4.42 Å². The Labute approximate surface area is 181 Å². The van der Waals surface area contributed by atoms with Gasteiger partial charge in [-0.2, -0.15) is 9.40 Å². The second-order valence-corrected chi connectivity index (χ2v) is 10.7. The summed E-state index contributed by atoms with van der Waals surface area (Å²) in [5.74, 6) is -0.313. The summed E-state index contributed by atoms with van der Waals surface area (Å²) in [5, 5.41) is 14.6. The molecule has 4 rings (SSSR count). The van der Waals surface area contributed by atoms with Crippen molar-refractivity contribution in [2.24, 2.45) is 7.05 Å². The summed E-state index contributed by atoms with van der Waals surface area (Å²) >= 11 is 6.86. The number of aryl methyl sites for hydroxylation is 2. The average Bonchev–Trinajstić information content (AvgIpc) is 3.42. The molecule has 1 aliphatic heterocycles. The largest absolute Gasteiger partial charge is 0.401 e. The number of rotatable bonds is 5. The zero-order valence-corrected chi connectivity index (χ0v) is 18.6. The van der Waals surface area contributed by atoms with Crippen molar-refractivity contribution in [2.75, 3.05) is 11.9 Å². The van der Waals surface area contributed by atoms with Gasteiger partial charge in [0.05, 0.1) is 10.0 Å². The third-order valence-corrected chi connectivity index (χ3v) is 8.35. The van der Waals surface area contributed by atoms with Gasteiger partial charge in [-0.25, -0.2) is 8.42 Å². The van der Waals surface area contributed by atoms with Crippen LogP contribution in [-0.4, -0.2) is 51.2 Å². The molecule has 10 nitrogen and oxygen atoms in total. The Morgan fingerprint density at radius 1 is 1.33 bits per heavy atom. The minimum absolute atomic E-state index is 0.101. The maximum absolute atomic E-state index is 13.0. The lowest BCUT2D eigenvalue weighted by atomic mass is 10.0. The van der Waals surface area contributed by atoms with Crippen LogP contribution in [0, 0.1) is 6.92 Å². The lowest BCUT2D eigenvalue weighted by Gasteiger charge is -2.32. The number of amides is 1. The zero-order chi connectivity index (χ0) is 21.5. The van der Waals surface area contributed by atoms with E-state index in [1.807, 2.05) is 6.92 Å². The van der Waals surface area contributed by atoms with Crippen molar-refractivity contribution in [3.05, 3.63) is 28.2 Å². The van der Waals surface area contributed by atoms with Crippen LogP contribution in [0.15, 0.2) is 26.8 Å². The number of thiophene rings is 1. The maximum atomic E-state index is 13.0. The molecule has 0 radical (unpaired) electrons. The van der Waals surface area contributed by atoms with E-state index in [0.29, 0.717) is 22.9 Å². The summed E-state index contributed by atoms with van der Waals surface area (Å²) in [7, 11) is -2.10. The highest BCUT2D eigenvalue weighted by Gasteiger charge is 2.38. The van der Waals surface area contributed by atoms with E-state index in [4.69, 9.17) is 16.0 Å². The normalized spacial score (nSPS) is 17.9. The Kier molecular flexibility index (Phi) is 5.66. The van der Waals surface area contributed by atoms with Crippen molar-refractivity contribution in [1.82, 2.24) is 24.3 Å². The fourth-order valence-corrected chi connectivity index (χ4v) is 6.65. The number of anilines is 1. The summed E-state index contributed by atoms with van der Waals surface area (Å²) in [6, 6.07) is 3.78. The van der Waals surface area contributed by atoms with Gasteiger partial charge in [0.25, 0.3) is 15.9 Å². The summed E-state index contributed by atoms with van der Waals surface area (Å²) < 4.78 is 34.9. The number of aromatic nitrogens is 4. The molecule has 1 fully saturated rings. The van der Waals surface area contributed by atoms with Crippen molar-refractivity contribution >= 4 is 44.9 Å². The first-order chi connectivity index (χ1) is 14.3.